The third-order valence-electron chi connectivity index (χ3n) is 1.14. The third-order valence-corrected chi connectivity index (χ3v) is 1.14. The molecule has 0 atom stereocenters. The highest BCUT2D eigenvalue weighted by atomic mass is 19.4. The number of nitrogens with two attached hydrogens (primary N) is 1. The molecule has 0 unspecified atom stereocenters. The van der Waals surface area contributed by atoms with Crippen molar-refractivity contribution in [1.82, 2.24) is 0 Å². The quantitative estimate of drug-likeness (QED) is 0.507. The number of carbonyl (C=O) groups excluding carboxylic acids is 1. The number of rotatable bonds is 2. The second kappa shape index (κ2) is 3.42. The molecule has 0 fully saturated rings. The van der Waals surface area contributed by atoms with Crippen LogP contribution in [0.4, 0.5) is 13.2 Å². The molecule has 0 aliphatic heterocycles. The molecule has 0 saturated carbocycles. The van der Waals surface area contributed by atoms with Gasteiger partial charge >= 0.3 is 6.18 Å². The average molecular weight is 179 g/mol. The predicted octanol–water partition coefficient (Wildman–Crippen LogP) is 1.54. The van der Waals surface area contributed by atoms with Gasteiger partial charge in [-0.3, -0.25) is 4.79 Å². The SMILES string of the molecule is C=C(C=C(C)C(N)=O)C(F)(F)F. The second-order valence-electron chi connectivity index (χ2n) is 2.21. The molecule has 5 heteroatoms. The van der Waals surface area contributed by atoms with Crippen LogP contribution in [0.15, 0.2) is 23.8 Å². The molecule has 12 heavy (non-hydrogen) atoms. The molecule has 2 nitrogen and oxygen atoms in total. The van der Waals surface area contributed by atoms with E-state index >= 15 is 0 Å². The first-order valence-electron chi connectivity index (χ1n) is 2.99. The minimum atomic E-state index is -4.50. The van der Waals surface area contributed by atoms with Crippen molar-refractivity contribution in [3.05, 3.63) is 23.8 Å². The molecule has 0 rings (SSSR count). The summed E-state index contributed by atoms with van der Waals surface area (Å²) >= 11 is 0. The van der Waals surface area contributed by atoms with Crippen molar-refractivity contribution >= 4 is 5.91 Å². The van der Waals surface area contributed by atoms with Crippen molar-refractivity contribution in [1.29, 1.82) is 0 Å². The minimum absolute atomic E-state index is 0.169. The average Bonchev–Trinajstić information content (AvgIpc) is 1.85. The summed E-state index contributed by atoms with van der Waals surface area (Å²) in [5, 5.41) is 0. The second-order valence-corrected chi connectivity index (χ2v) is 2.21. The van der Waals surface area contributed by atoms with Crippen LogP contribution in [0.25, 0.3) is 0 Å². The lowest BCUT2D eigenvalue weighted by Gasteiger charge is -2.05. The van der Waals surface area contributed by atoms with E-state index < -0.39 is 17.7 Å². The van der Waals surface area contributed by atoms with Crippen LogP contribution in [0.1, 0.15) is 6.92 Å². The Labute approximate surface area is 67.5 Å². The van der Waals surface area contributed by atoms with Gasteiger partial charge in [0.05, 0.1) is 0 Å². The fourth-order valence-corrected chi connectivity index (χ4v) is 0.414. The number of amides is 1. The summed E-state index contributed by atoms with van der Waals surface area (Å²) < 4.78 is 35.3. The Hall–Kier alpha value is -1.26. The van der Waals surface area contributed by atoms with Gasteiger partial charge in [-0.25, -0.2) is 0 Å². The smallest absolute Gasteiger partial charge is 0.366 e. The largest absolute Gasteiger partial charge is 0.415 e. The van der Waals surface area contributed by atoms with E-state index in [1.807, 2.05) is 0 Å². The van der Waals surface area contributed by atoms with Gasteiger partial charge in [0.25, 0.3) is 0 Å². The van der Waals surface area contributed by atoms with Gasteiger partial charge in [0.1, 0.15) is 0 Å². The zero-order valence-electron chi connectivity index (χ0n) is 6.40. The van der Waals surface area contributed by atoms with E-state index in [4.69, 9.17) is 5.73 Å². The van der Waals surface area contributed by atoms with Crippen LogP contribution < -0.4 is 5.73 Å². The standard InChI is InChI=1S/C7H8F3NO/c1-4(6(11)12)3-5(2)7(8,9)10/h3H,2H2,1H3,(H2,11,12). The third kappa shape index (κ3) is 3.23. The molecule has 1 amide bonds. The van der Waals surface area contributed by atoms with Crippen molar-refractivity contribution in [3.8, 4) is 0 Å². The molecule has 0 aromatic carbocycles. The number of carbonyl (C=O) groups is 1. The van der Waals surface area contributed by atoms with Gasteiger partial charge in [-0.1, -0.05) is 6.58 Å². The first-order chi connectivity index (χ1) is 5.25. The Morgan fingerprint density at radius 3 is 2.17 bits per heavy atom. The van der Waals surface area contributed by atoms with E-state index in [-0.39, 0.29) is 5.57 Å². The summed E-state index contributed by atoms with van der Waals surface area (Å²) in [5.41, 5.74) is 3.46. The number of allylic oxidation sites excluding steroid dienone is 2. The highest BCUT2D eigenvalue weighted by Gasteiger charge is 2.30. The topological polar surface area (TPSA) is 43.1 Å². The minimum Gasteiger partial charge on any atom is -0.366 e. The Kier molecular flexibility index (Phi) is 3.06. The lowest BCUT2D eigenvalue weighted by Crippen LogP contribution is -2.14. The summed E-state index contributed by atoms with van der Waals surface area (Å²) in [6, 6.07) is 0. The molecule has 0 aliphatic rings. The van der Waals surface area contributed by atoms with Gasteiger partial charge in [-0.05, 0) is 13.0 Å². The summed E-state index contributed by atoms with van der Waals surface area (Å²) in [5.74, 6) is -0.889. The summed E-state index contributed by atoms with van der Waals surface area (Å²) in [6.45, 7) is 3.93. The molecule has 2 N–H and O–H groups in total. The van der Waals surface area contributed by atoms with Crippen molar-refractivity contribution in [3.63, 3.8) is 0 Å². The Morgan fingerprint density at radius 1 is 1.50 bits per heavy atom. The summed E-state index contributed by atoms with van der Waals surface area (Å²) in [6.07, 6.45) is -3.89. The Morgan fingerprint density at radius 2 is 1.92 bits per heavy atom. The number of alkyl halides is 3. The molecule has 0 spiro atoms. The normalized spacial score (nSPS) is 12.8. The molecule has 0 saturated heterocycles. The van der Waals surface area contributed by atoms with E-state index in [1.54, 1.807) is 0 Å². The molecule has 0 heterocycles. The van der Waals surface area contributed by atoms with Crippen LogP contribution in [0, 0.1) is 0 Å². The van der Waals surface area contributed by atoms with E-state index in [0.717, 1.165) is 0 Å². The molecule has 68 valence electrons. The van der Waals surface area contributed by atoms with Crippen LogP contribution in [0.2, 0.25) is 0 Å². The first kappa shape index (κ1) is 10.7. The maximum Gasteiger partial charge on any atom is 0.415 e. The van der Waals surface area contributed by atoms with Gasteiger partial charge in [0, 0.05) is 11.1 Å². The zero-order chi connectivity index (χ0) is 9.94. The molecule has 0 aromatic rings. The lowest BCUT2D eigenvalue weighted by atomic mass is 10.2. The van der Waals surface area contributed by atoms with Crippen LogP contribution in [0.3, 0.4) is 0 Å². The Bertz CT molecular complexity index is 240. The van der Waals surface area contributed by atoms with Gasteiger partial charge in [0.2, 0.25) is 5.91 Å². The monoisotopic (exact) mass is 179 g/mol. The van der Waals surface area contributed by atoms with Gasteiger partial charge in [0.15, 0.2) is 0 Å². The van der Waals surface area contributed by atoms with Crippen molar-refractivity contribution < 1.29 is 18.0 Å². The van der Waals surface area contributed by atoms with Crippen molar-refractivity contribution in [2.75, 3.05) is 0 Å². The van der Waals surface area contributed by atoms with Gasteiger partial charge in [-0.15, -0.1) is 0 Å². The summed E-state index contributed by atoms with van der Waals surface area (Å²) in [7, 11) is 0. The fourth-order valence-electron chi connectivity index (χ4n) is 0.414. The zero-order valence-corrected chi connectivity index (χ0v) is 6.40. The molecular formula is C7H8F3NO. The first-order valence-corrected chi connectivity index (χ1v) is 2.99. The van der Waals surface area contributed by atoms with E-state index in [1.165, 1.54) is 6.92 Å². The molecule has 0 radical (unpaired) electrons. The van der Waals surface area contributed by atoms with Crippen LogP contribution >= 0.6 is 0 Å². The highest BCUT2D eigenvalue weighted by Crippen LogP contribution is 2.25. The fraction of sp³-hybridized carbons (Fsp3) is 0.286. The van der Waals surface area contributed by atoms with Crippen molar-refractivity contribution in [2.24, 2.45) is 5.73 Å². The molecule has 0 bridgehead atoms. The van der Waals surface area contributed by atoms with Gasteiger partial charge in [-0.2, -0.15) is 13.2 Å². The van der Waals surface area contributed by atoms with Crippen LogP contribution in [-0.2, 0) is 4.79 Å². The number of primary amides is 1. The maximum absolute atomic E-state index is 11.8. The molecule has 0 aromatic heterocycles. The number of hydrogen-bond donors (Lipinski definition) is 1. The van der Waals surface area contributed by atoms with Crippen LogP contribution in [-0.4, -0.2) is 12.1 Å². The Balaban J connectivity index is 4.57. The lowest BCUT2D eigenvalue weighted by molar-refractivity contribution is -0.114. The maximum atomic E-state index is 11.8. The van der Waals surface area contributed by atoms with Gasteiger partial charge < -0.3 is 5.73 Å². The van der Waals surface area contributed by atoms with E-state index in [0.29, 0.717) is 6.08 Å². The molecule has 0 aliphatic carbocycles. The van der Waals surface area contributed by atoms with Crippen LogP contribution in [0.5, 0.6) is 0 Å². The summed E-state index contributed by atoms with van der Waals surface area (Å²) in [4.78, 5) is 10.3. The van der Waals surface area contributed by atoms with E-state index in [2.05, 4.69) is 6.58 Å². The molecular weight excluding hydrogens is 171 g/mol. The van der Waals surface area contributed by atoms with E-state index in [9.17, 15) is 18.0 Å². The highest BCUT2D eigenvalue weighted by molar-refractivity contribution is 5.91. The predicted molar refractivity (Wildman–Crippen MR) is 38.1 cm³/mol. The van der Waals surface area contributed by atoms with Crippen molar-refractivity contribution in [2.45, 2.75) is 13.1 Å². The number of hydrogen-bond acceptors (Lipinski definition) is 1. The number of halogens is 3.